The molecule has 2 unspecified atom stereocenters. The number of aromatic nitrogens is 1. The Morgan fingerprint density at radius 3 is 3.18 bits per heavy atom. The van der Waals surface area contributed by atoms with Crippen LogP contribution in [0.3, 0.4) is 0 Å². The van der Waals surface area contributed by atoms with Crippen molar-refractivity contribution in [2.45, 2.75) is 32.2 Å². The van der Waals surface area contributed by atoms with Gasteiger partial charge in [-0.15, -0.1) is 0 Å². The van der Waals surface area contributed by atoms with E-state index in [9.17, 15) is 4.79 Å². The molecule has 94 valence electrons. The van der Waals surface area contributed by atoms with E-state index < -0.39 is 0 Å². The van der Waals surface area contributed by atoms with Crippen molar-refractivity contribution in [2.24, 2.45) is 5.92 Å². The van der Waals surface area contributed by atoms with Crippen LogP contribution >= 0.6 is 0 Å². The third-order valence-corrected chi connectivity index (χ3v) is 3.36. The molecule has 0 radical (unpaired) electrons. The molecule has 3 N–H and O–H groups in total. The molecule has 4 heteroatoms. The summed E-state index contributed by atoms with van der Waals surface area (Å²) in [4.78, 5) is 14.2. The van der Waals surface area contributed by atoms with Crippen LogP contribution in [0.25, 0.3) is 0 Å². The van der Waals surface area contributed by atoms with Crippen LogP contribution < -0.4 is 10.9 Å². The van der Waals surface area contributed by atoms with Gasteiger partial charge < -0.3 is 15.4 Å². The van der Waals surface area contributed by atoms with Gasteiger partial charge in [0.2, 0.25) is 5.56 Å². The number of hydrogen-bond acceptors (Lipinski definition) is 3. The van der Waals surface area contributed by atoms with Gasteiger partial charge in [-0.3, -0.25) is 4.79 Å². The minimum Gasteiger partial charge on any atom is -0.396 e. The van der Waals surface area contributed by atoms with Crippen molar-refractivity contribution in [3.63, 3.8) is 0 Å². The smallest absolute Gasteiger partial charge is 0.248 e. The Kier molecular flexibility index (Phi) is 3.97. The van der Waals surface area contributed by atoms with Gasteiger partial charge in [-0.1, -0.05) is 13.0 Å². The number of pyridine rings is 1. The number of H-pyrrole nitrogens is 1. The van der Waals surface area contributed by atoms with Crippen molar-refractivity contribution in [1.82, 2.24) is 10.3 Å². The summed E-state index contributed by atoms with van der Waals surface area (Å²) in [7, 11) is 0. The Morgan fingerprint density at radius 2 is 2.41 bits per heavy atom. The van der Waals surface area contributed by atoms with Crippen LogP contribution in [-0.4, -0.2) is 23.2 Å². The van der Waals surface area contributed by atoms with E-state index in [1.54, 1.807) is 6.07 Å². The second kappa shape index (κ2) is 5.47. The van der Waals surface area contributed by atoms with Crippen LogP contribution in [0, 0.1) is 5.92 Å². The van der Waals surface area contributed by atoms with Gasteiger partial charge in [0.25, 0.3) is 0 Å². The monoisotopic (exact) mass is 236 g/mol. The molecule has 0 bridgehead atoms. The van der Waals surface area contributed by atoms with Crippen LogP contribution in [-0.2, 0) is 6.42 Å². The second-order valence-corrected chi connectivity index (χ2v) is 4.90. The molecular formula is C13H20N2O2. The average Bonchev–Trinajstić information content (AvgIpc) is 2.35. The molecule has 2 rings (SSSR count). The molecule has 0 saturated carbocycles. The van der Waals surface area contributed by atoms with Crippen molar-refractivity contribution in [3.05, 3.63) is 33.7 Å². The number of aliphatic hydroxyl groups is 1. The average molecular weight is 236 g/mol. The van der Waals surface area contributed by atoms with Gasteiger partial charge in [-0.25, -0.2) is 0 Å². The van der Waals surface area contributed by atoms with E-state index in [1.807, 2.05) is 13.0 Å². The van der Waals surface area contributed by atoms with Crippen molar-refractivity contribution >= 4 is 0 Å². The lowest BCUT2D eigenvalue weighted by Crippen LogP contribution is -2.31. The summed E-state index contributed by atoms with van der Waals surface area (Å²) in [6, 6.07) is 3.83. The van der Waals surface area contributed by atoms with Gasteiger partial charge >= 0.3 is 0 Å². The fourth-order valence-corrected chi connectivity index (χ4v) is 2.32. The van der Waals surface area contributed by atoms with Gasteiger partial charge in [-0.05, 0) is 30.7 Å². The molecular weight excluding hydrogens is 216 g/mol. The first-order valence-electron chi connectivity index (χ1n) is 6.27. The summed E-state index contributed by atoms with van der Waals surface area (Å²) in [5.41, 5.74) is 2.26. The molecule has 1 heterocycles. The highest BCUT2D eigenvalue weighted by Gasteiger charge is 2.20. The van der Waals surface area contributed by atoms with Crippen molar-refractivity contribution in [3.8, 4) is 0 Å². The van der Waals surface area contributed by atoms with Gasteiger partial charge in [0, 0.05) is 31.0 Å². The summed E-state index contributed by atoms with van der Waals surface area (Å²) < 4.78 is 0. The van der Waals surface area contributed by atoms with E-state index in [0.29, 0.717) is 6.04 Å². The Labute approximate surface area is 101 Å². The van der Waals surface area contributed by atoms with E-state index in [0.717, 1.165) is 31.5 Å². The standard InChI is InChI=1S/C13H20N2O2/c1-9(8-16)7-14-11-3-2-4-12-10(11)5-6-13(17)15-12/h5-6,9,11,14,16H,2-4,7-8H2,1H3,(H,15,17). The van der Waals surface area contributed by atoms with Crippen LogP contribution in [0.5, 0.6) is 0 Å². The lowest BCUT2D eigenvalue weighted by atomic mass is 9.91. The van der Waals surface area contributed by atoms with Crippen LogP contribution in [0.1, 0.15) is 37.1 Å². The Hall–Kier alpha value is -1.13. The zero-order valence-electron chi connectivity index (χ0n) is 10.2. The summed E-state index contributed by atoms with van der Waals surface area (Å²) >= 11 is 0. The Morgan fingerprint density at radius 1 is 1.59 bits per heavy atom. The van der Waals surface area contributed by atoms with E-state index in [1.165, 1.54) is 5.56 Å². The Bertz CT molecular complexity index is 428. The number of fused-ring (bicyclic) bond motifs is 1. The number of aromatic amines is 1. The molecule has 4 nitrogen and oxygen atoms in total. The zero-order valence-corrected chi connectivity index (χ0v) is 10.2. The number of nitrogens with one attached hydrogen (secondary N) is 2. The summed E-state index contributed by atoms with van der Waals surface area (Å²) in [5.74, 6) is 0.267. The van der Waals surface area contributed by atoms with Gasteiger partial charge in [0.15, 0.2) is 0 Å². The highest BCUT2D eigenvalue weighted by Crippen LogP contribution is 2.27. The maximum absolute atomic E-state index is 11.3. The van der Waals surface area contributed by atoms with Gasteiger partial charge in [0.05, 0.1) is 0 Å². The number of aryl methyl sites for hydroxylation is 1. The summed E-state index contributed by atoms with van der Waals surface area (Å²) in [6.45, 7) is 3.03. The molecule has 1 aromatic rings. The first-order chi connectivity index (χ1) is 8.20. The van der Waals surface area contributed by atoms with E-state index >= 15 is 0 Å². The molecule has 2 atom stereocenters. The van der Waals surface area contributed by atoms with Gasteiger partial charge in [-0.2, -0.15) is 0 Å². The first kappa shape index (κ1) is 12.3. The van der Waals surface area contributed by atoms with Crippen LogP contribution in [0.4, 0.5) is 0 Å². The lowest BCUT2D eigenvalue weighted by Gasteiger charge is -2.27. The molecule has 1 aliphatic carbocycles. The molecule has 0 amide bonds. The van der Waals surface area contributed by atoms with Crippen molar-refractivity contribution in [2.75, 3.05) is 13.2 Å². The van der Waals surface area contributed by atoms with E-state index in [4.69, 9.17) is 5.11 Å². The Balaban J connectivity index is 2.09. The number of aliphatic hydroxyl groups excluding tert-OH is 1. The molecule has 0 spiro atoms. The summed E-state index contributed by atoms with van der Waals surface area (Å²) in [6.07, 6.45) is 3.15. The maximum Gasteiger partial charge on any atom is 0.248 e. The molecule has 1 aliphatic rings. The number of hydrogen-bond donors (Lipinski definition) is 3. The molecule has 0 aromatic carbocycles. The maximum atomic E-state index is 11.3. The first-order valence-corrected chi connectivity index (χ1v) is 6.27. The van der Waals surface area contributed by atoms with Crippen LogP contribution in [0.2, 0.25) is 0 Å². The third kappa shape index (κ3) is 2.96. The second-order valence-electron chi connectivity index (χ2n) is 4.90. The van der Waals surface area contributed by atoms with E-state index in [2.05, 4.69) is 10.3 Å². The molecule has 0 fully saturated rings. The highest BCUT2D eigenvalue weighted by molar-refractivity contribution is 5.26. The fourth-order valence-electron chi connectivity index (χ4n) is 2.32. The zero-order chi connectivity index (χ0) is 12.3. The lowest BCUT2D eigenvalue weighted by molar-refractivity contribution is 0.228. The predicted octanol–water partition coefficient (Wildman–Crippen LogP) is 0.970. The molecule has 1 aromatic heterocycles. The summed E-state index contributed by atoms with van der Waals surface area (Å²) in [5, 5.41) is 12.5. The minimum atomic E-state index is -0.0203. The normalized spacial score (nSPS) is 20.9. The SMILES string of the molecule is CC(CO)CNC1CCCc2[nH]c(=O)ccc21. The van der Waals surface area contributed by atoms with E-state index in [-0.39, 0.29) is 18.1 Å². The topological polar surface area (TPSA) is 65.1 Å². The van der Waals surface area contributed by atoms with Crippen molar-refractivity contribution < 1.29 is 5.11 Å². The van der Waals surface area contributed by atoms with Gasteiger partial charge in [0.1, 0.15) is 0 Å². The van der Waals surface area contributed by atoms with Crippen LogP contribution in [0.15, 0.2) is 16.9 Å². The largest absolute Gasteiger partial charge is 0.396 e. The predicted molar refractivity (Wildman–Crippen MR) is 67.0 cm³/mol. The molecule has 17 heavy (non-hydrogen) atoms. The quantitative estimate of drug-likeness (QED) is 0.730. The van der Waals surface area contributed by atoms with Crippen molar-refractivity contribution in [1.29, 1.82) is 0 Å². The molecule has 0 saturated heterocycles. The number of rotatable bonds is 4. The fraction of sp³-hybridized carbons (Fsp3) is 0.615. The molecule has 0 aliphatic heterocycles. The third-order valence-electron chi connectivity index (χ3n) is 3.36. The highest BCUT2D eigenvalue weighted by atomic mass is 16.3. The minimum absolute atomic E-state index is 0.0203.